The van der Waals surface area contributed by atoms with Crippen molar-refractivity contribution >= 4 is 17.4 Å². The lowest BCUT2D eigenvalue weighted by Crippen LogP contribution is -2.15. The molecule has 0 aliphatic heterocycles. The van der Waals surface area contributed by atoms with Crippen LogP contribution in [-0.4, -0.2) is 15.9 Å². The number of amides is 1. The van der Waals surface area contributed by atoms with Gasteiger partial charge in [-0.05, 0) is 43.2 Å². The van der Waals surface area contributed by atoms with E-state index in [0.29, 0.717) is 12.4 Å². The Balaban J connectivity index is 1.61. The van der Waals surface area contributed by atoms with Crippen LogP contribution < -0.4 is 10.6 Å². The summed E-state index contributed by atoms with van der Waals surface area (Å²) in [4.78, 5) is 20.7. The number of carbonyl (C=O) groups excluding carboxylic acids is 1. The van der Waals surface area contributed by atoms with Gasteiger partial charge in [-0.2, -0.15) is 0 Å². The molecular formula is C20H19FN4O. The lowest BCUT2D eigenvalue weighted by Gasteiger charge is -2.09. The molecule has 0 aliphatic carbocycles. The highest BCUT2D eigenvalue weighted by Crippen LogP contribution is 2.17. The molecule has 0 unspecified atom stereocenters. The van der Waals surface area contributed by atoms with E-state index in [4.69, 9.17) is 0 Å². The molecule has 26 heavy (non-hydrogen) atoms. The Bertz CT molecular complexity index is 908. The number of anilines is 2. The first-order valence-corrected chi connectivity index (χ1v) is 8.20. The lowest BCUT2D eigenvalue weighted by atomic mass is 10.1. The zero-order valence-corrected chi connectivity index (χ0v) is 14.6. The number of hydrogen-bond acceptors (Lipinski definition) is 4. The van der Waals surface area contributed by atoms with Crippen molar-refractivity contribution in [3.63, 3.8) is 0 Å². The van der Waals surface area contributed by atoms with E-state index in [0.717, 1.165) is 22.4 Å². The third kappa shape index (κ3) is 4.42. The minimum Gasteiger partial charge on any atom is -0.365 e. The van der Waals surface area contributed by atoms with E-state index in [-0.39, 0.29) is 17.4 Å². The van der Waals surface area contributed by atoms with Crippen molar-refractivity contribution in [3.05, 3.63) is 83.1 Å². The van der Waals surface area contributed by atoms with Gasteiger partial charge in [0.2, 0.25) is 0 Å². The van der Waals surface area contributed by atoms with Gasteiger partial charge in [0.1, 0.15) is 17.3 Å². The average Bonchev–Trinajstić information content (AvgIpc) is 2.64. The number of halogens is 1. The van der Waals surface area contributed by atoms with Crippen LogP contribution in [-0.2, 0) is 6.54 Å². The van der Waals surface area contributed by atoms with Crippen LogP contribution in [0.2, 0.25) is 0 Å². The van der Waals surface area contributed by atoms with Gasteiger partial charge in [0.05, 0.1) is 12.4 Å². The molecule has 0 atom stereocenters. The normalized spacial score (nSPS) is 10.4. The van der Waals surface area contributed by atoms with Crippen molar-refractivity contribution in [3.8, 4) is 0 Å². The molecule has 132 valence electrons. The van der Waals surface area contributed by atoms with Crippen molar-refractivity contribution in [2.24, 2.45) is 0 Å². The molecule has 1 amide bonds. The standard InChI is InChI=1S/C20H19FN4O/c1-13-3-8-17(14(2)9-13)25-20(26)18-11-24-19(12-22-18)23-10-15-4-6-16(21)7-5-15/h3-9,11-12H,10H2,1-2H3,(H,23,24)(H,25,26). The van der Waals surface area contributed by atoms with E-state index in [2.05, 4.69) is 20.6 Å². The summed E-state index contributed by atoms with van der Waals surface area (Å²) < 4.78 is 12.9. The second kappa shape index (κ2) is 7.74. The summed E-state index contributed by atoms with van der Waals surface area (Å²) in [6.07, 6.45) is 2.92. The molecule has 5 nitrogen and oxygen atoms in total. The molecule has 1 heterocycles. The number of benzene rings is 2. The van der Waals surface area contributed by atoms with E-state index in [1.807, 2.05) is 32.0 Å². The Morgan fingerprint density at radius 2 is 1.81 bits per heavy atom. The zero-order chi connectivity index (χ0) is 18.5. The van der Waals surface area contributed by atoms with Crippen molar-refractivity contribution < 1.29 is 9.18 Å². The van der Waals surface area contributed by atoms with Gasteiger partial charge in [-0.1, -0.05) is 29.8 Å². The van der Waals surface area contributed by atoms with Crippen LogP contribution in [0.3, 0.4) is 0 Å². The number of carbonyl (C=O) groups is 1. The minimum absolute atomic E-state index is 0.234. The smallest absolute Gasteiger partial charge is 0.275 e. The number of nitrogens with one attached hydrogen (secondary N) is 2. The van der Waals surface area contributed by atoms with Gasteiger partial charge in [0.25, 0.3) is 5.91 Å². The fraction of sp³-hybridized carbons (Fsp3) is 0.150. The van der Waals surface area contributed by atoms with Crippen LogP contribution in [0.1, 0.15) is 27.2 Å². The highest BCUT2D eigenvalue weighted by molar-refractivity contribution is 6.03. The average molecular weight is 350 g/mol. The van der Waals surface area contributed by atoms with Crippen molar-refractivity contribution in [2.75, 3.05) is 10.6 Å². The van der Waals surface area contributed by atoms with Gasteiger partial charge in [-0.25, -0.2) is 14.4 Å². The van der Waals surface area contributed by atoms with Gasteiger partial charge in [-0.15, -0.1) is 0 Å². The van der Waals surface area contributed by atoms with Crippen molar-refractivity contribution in [1.29, 1.82) is 0 Å². The molecule has 0 bridgehead atoms. The summed E-state index contributed by atoms with van der Waals surface area (Å²) in [6, 6.07) is 12.0. The number of rotatable bonds is 5. The predicted molar refractivity (Wildman–Crippen MR) is 99.6 cm³/mol. The second-order valence-corrected chi connectivity index (χ2v) is 6.04. The van der Waals surface area contributed by atoms with Crippen molar-refractivity contribution in [1.82, 2.24) is 9.97 Å². The van der Waals surface area contributed by atoms with E-state index < -0.39 is 0 Å². The molecule has 2 N–H and O–H groups in total. The Morgan fingerprint density at radius 1 is 1.04 bits per heavy atom. The monoisotopic (exact) mass is 350 g/mol. The Kier molecular flexibility index (Phi) is 5.22. The predicted octanol–water partition coefficient (Wildman–Crippen LogP) is 4.10. The van der Waals surface area contributed by atoms with Crippen LogP contribution in [0.15, 0.2) is 54.9 Å². The summed E-state index contributed by atoms with van der Waals surface area (Å²) >= 11 is 0. The van der Waals surface area contributed by atoms with Gasteiger partial charge in [0, 0.05) is 12.2 Å². The Labute approximate surface area is 151 Å². The summed E-state index contributed by atoms with van der Waals surface area (Å²) in [7, 11) is 0. The largest absolute Gasteiger partial charge is 0.365 e. The first kappa shape index (κ1) is 17.5. The quantitative estimate of drug-likeness (QED) is 0.727. The molecule has 2 aromatic carbocycles. The van der Waals surface area contributed by atoms with Crippen LogP contribution in [0.25, 0.3) is 0 Å². The maximum Gasteiger partial charge on any atom is 0.275 e. The van der Waals surface area contributed by atoms with E-state index in [1.165, 1.54) is 24.5 Å². The van der Waals surface area contributed by atoms with Crippen LogP contribution in [0.5, 0.6) is 0 Å². The second-order valence-electron chi connectivity index (χ2n) is 6.04. The maximum absolute atomic E-state index is 12.9. The lowest BCUT2D eigenvalue weighted by molar-refractivity contribution is 0.102. The SMILES string of the molecule is Cc1ccc(NC(=O)c2cnc(NCc3ccc(F)cc3)cn2)c(C)c1. The van der Waals surface area contributed by atoms with Crippen molar-refractivity contribution in [2.45, 2.75) is 20.4 Å². The molecule has 0 saturated heterocycles. The number of aryl methyl sites for hydroxylation is 2. The molecule has 0 aliphatic rings. The first-order chi connectivity index (χ1) is 12.5. The molecular weight excluding hydrogens is 331 g/mol. The summed E-state index contributed by atoms with van der Waals surface area (Å²) in [5, 5.41) is 5.92. The number of nitrogens with zero attached hydrogens (tertiary/aromatic N) is 2. The van der Waals surface area contributed by atoms with E-state index >= 15 is 0 Å². The molecule has 1 aromatic heterocycles. The fourth-order valence-electron chi connectivity index (χ4n) is 2.47. The zero-order valence-electron chi connectivity index (χ0n) is 14.6. The van der Waals surface area contributed by atoms with Crippen LogP contribution in [0.4, 0.5) is 15.9 Å². The number of aromatic nitrogens is 2. The molecule has 6 heteroatoms. The molecule has 0 spiro atoms. The molecule has 0 saturated carbocycles. The molecule has 3 rings (SSSR count). The highest BCUT2D eigenvalue weighted by Gasteiger charge is 2.10. The highest BCUT2D eigenvalue weighted by atomic mass is 19.1. The molecule has 3 aromatic rings. The topological polar surface area (TPSA) is 66.9 Å². The fourth-order valence-corrected chi connectivity index (χ4v) is 2.47. The third-order valence-corrected chi connectivity index (χ3v) is 3.90. The summed E-state index contributed by atoms with van der Waals surface area (Å²) in [5.74, 6) is -0.0420. The van der Waals surface area contributed by atoms with E-state index in [1.54, 1.807) is 12.1 Å². The van der Waals surface area contributed by atoms with Gasteiger partial charge in [-0.3, -0.25) is 4.79 Å². The van der Waals surface area contributed by atoms with E-state index in [9.17, 15) is 9.18 Å². The van der Waals surface area contributed by atoms with Gasteiger partial charge >= 0.3 is 0 Å². The number of hydrogen-bond donors (Lipinski definition) is 2. The Hall–Kier alpha value is -3.28. The molecule has 0 radical (unpaired) electrons. The van der Waals surface area contributed by atoms with Crippen LogP contribution >= 0.6 is 0 Å². The summed E-state index contributed by atoms with van der Waals surface area (Å²) in [6.45, 7) is 4.43. The summed E-state index contributed by atoms with van der Waals surface area (Å²) in [5.41, 5.74) is 4.03. The minimum atomic E-state index is -0.311. The van der Waals surface area contributed by atoms with Gasteiger partial charge < -0.3 is 10.6 Å². The molecule has 0 fully saturated rings. The van der Waals surface area contributed by atoms with Crippen LogP contribution in [0, 0.1) is 19.7 Å². The third-order valence-electron chi connectivity index (χ3n) is 3.90. The Morgan fingerprint density at radius 3 is 2.46 bits per heavy atom. The first-order valence-electron chi connectivity index (χ1n) is 8.20. The van der Waals surface area contributed by atoms with Gasteiger partial charge in [0.15, 0.2) is 0 Å². The maximum atomic E-state index is 12.9.